The minimum Gasteiger partial charge on any atom is -0.493 e. The molecule has 112 valence electrons. The average molecular weight is 316 g/mol. The first-order chi connectivity index (χ1) is 10.7. The lowest BCUT2D eigenvalue weighted by Crippen LogP contribution is -2.15. The zero-order chi connectivity index (χ0) is 15.4. The number of halogens is 1. The van der Waals surface area contributed by atoms with Gasteiger partial charge in [-0.05, 0) is 30.3 Å². The Hall–Kier alpha value is -2.53. The molecule has 0 bridgehead atoms. The fraction of sp³-hybridized carbons (Fsp3) is 0.125. The molecule has 0 radical (unpaired) electrons. The van der Waals surface area contributed by atoms with Gasteiger partial charge in [0.05, 0.1) is 30.4 Å². The van der Waals surface area contributed by atoms with Crippen molar-refractivity contribution in [2.75, 3.05) is 11.9 Å². The topological polar surface area (TPSA) is 67.0 Å². The number of benzene rings is 2. The van der Waals surface area contributed by atoms with Crippen LogP contribution < -0.4 is 10.1 Å². The molecule has 3 rings (SSSR count). The Kier molecular flexibility index (Phi) is 4.25. The molecule has 0 unspecified atom stereocenters. The van der Waals surface area contributed by atoms with Gasteiger partial charge >= 0.3 is 0 Å². The van der Waals surface area contributed by atoms with Gasteiger partial charge in [-0.15, -0.1) is 0 Å². The van der Waals surface area contributed by atoms with Crippen molar-refractivity contribution >= 4 is 34.1 Å². The number of anilines is 1. The molecule has 6 heteroatoms. The number of hydrogen-bond donors (Lipinski definition) is 2. The summed E-state index contributed by atoms with van der Waals surface area (Å²) < 4.78 is 5.50. The van der Waals surface area contributed by atoms with E-state index in [1.165, 1.54) is 0 Å². The molecular weight excluding hydrogens is 302 g/mol. The number of aromatic amines is 1. The highest BCUT2D eigenvalue weighted by molar-refractivity contribution is 6.30. The number of rotatable bonds is 5. The van der Waals surface area contributed by atoms with Crippen LogP contribution in [0.3, 0.4) is 0 Å². The van der Waals surface area contributed by atoms with Crippen molar-refractivity contribution in [2.45, 2.75) is 6.42 Å². The molecule has 2 N–H and O–H groups in total. The molecule has 3 aromatic rings. The van der Waals surface area contributed by atoms with Gasteiger partial charge < -0.3 is 10.1 Å². The van der Waals surface area contributed by atoms with Crippen LogP contribution in [0.25, 0.3) is 10.9 Å². The van der Waals surface area contributed by atoms with Crippen LogP contribution in [0.15, 0.2) is 48.7 Å². The summed E-state index contributed by atoms with van der Waals surface area (Å²) >= 11 is 5.80. The molecule has 0 aliphatic rings. The molecule has 0 spiro atoms. The quantitative estimate of drug-likeness (QED) is 0.755. The lowest BCUT2D eigenvalue weighted by molar-refractivity contribution is -0.116. The standard InChI is InChI=1S/C16H14ClN3O2/c17-12-4-6-13(7-5-12)22-9-8-15(21)19-14-3-1-2-11-10-18-20-16(11)14/h1-7,10H,8-9H2,(H,18,20)(H,19,21). The summed E-state index contributed by atoms with van der Waals surface area (Å²) in [5.74, 6) is 0.573. The van der Waals surface area contributed by atoms with Crippen molar-refractivity contribution in [1.29, 1.82) is 0 Å². The minimum atomic E-state index is -0.115. The Morgan fingerprint density at radius 2 is 2.05 bits per heavy atom. The SMILES string of the molecule is O=C(CCOc1ccc(Cl)cc1)Nc1cccc2cn[nH]c12. The molecule has 0 saturated heterocycles. The Labute approximate surface area is 132 Å². The van der Waals surface area contributed by atoms with Gasteiger partial charge in [0.25, 0.3) is 0 Å². The Bertz CT molecular complexity index is 783. The molecule has 1 heterocycles. The Morgan fingerprint density at radius 1 is 1.23 bits per heavy atom. The van der Waals surface area contributed by atoms with Crippen molar-refractivity contribution < 1.29 is 9.53 Å². The summed E-state index contributed by atoms with van der Waals surface area (Å²) in [7, 11) is 0. The van der Waals surface area contributed by atoms with Gasteiger partial charge in [0.1, 0.15) is 5.75 Å². The van der Waals surface area contributed by atoms with Gasteiger partial charge in [0.15, 0.2) is 0 Å². The predicted octanol–water partition coefficient (Wildman–Crippen LogP) is 3.62. The smallest absolute Gasteiger partial charge is 0.227 e. The molecule has 0 atom stereocenters. The van der Waals surface area contributed by atoms with Crippen LogP contribution >= 0.6 is 11.6 Å². The van der Waals surface area contributed by atoms with Crippen LogP contribution in [-0.2, 0) is 4.79 Å². The van der Waals surface area contributed by atoms with Gasteiger partial charge in [-0.3, -0.25) is 9.89 Å². The number of H-pyrrole nitrogens is 1. The second-order valence-corrected chi connectivity index (χ2v) is 5.18. The van der Waals surface area contributed by atoms with Crippen molar-refractivity contribution in [2.24, 2.45) is 0 Å². The van der Waals surface area contributed by atoms with E-state index in [2.05, 4.69) is 15.5 Å². The van der Waals surface area contributed by atoms with Crippen LogP contribution in [0.2, 0.25) is 5.02 Å². The first kappa shape index (κ1) is 14.4. The number of nitrogens with one attached hydrogen (secondary N) is 2. The van der Waals surface area contributed by atoms with Crippen molar-refractivity contribution in [3.05, 3.63) is 53.7 Å². The van der Waals surface area contributed by atoms with Gasteiger partial charge in [0.2, 0.25) is 5.91 Å². The monoisotopic (exact) mass is 315 g/mol. The van der Waals surface area contributed by atoms with E-state index in [0.29, 0.717) is 23.1 Å². The molecule has 22 heavy (non-hydrogen) atoms. The van der Waals surface area contributed by atoms with E-state index in [0.717, 1.165) is 10.9 Å². The minimum absolute atomic E-state index is 0.115. The summed E-state index contributed by atoms with van der Waals surface area (Å²) in [6.07, 6.45) is 1.97. The largest absolute Gasteiger partial charge is 0.493 e. The van der Waals surface area contributed by atoms with Gasteiger partial charge in [-0.2, -0.15) is 5.10 Å². The lowest BCUT2D eigenvalue weighted by atomic mass is 10.2. The maximum Gasteiger partial charge on any atom is 0.227 e. The van der Waals surface area contributed by atoms with E-state index < -0.39 is 0 Å². The molecule has 5 nitrogen and oxygen atoms in total. The highest BCUT2D eigenvalue weighted by atomic mass is 35.5. The van der Waals surface area contributed by atoms with Crippen LogP contribution in [-0.4, -0.2) is 22.7 Å². The molecule has 1 aromatic heterocycles. The van der Waals surface area contributed by atoms with Crippen molar-refractivity contribution in [3.63, 3.8) is 0 Å². The van der Waals surface area contributed by atoms with Gasteiger partial charge in [-0.1, -0.05) is 23.7 Å². The molecule has 1 amide bonds. The molecule has 2 aromatic carbocycles. The maximum absolute atomic E-state index is 12.0. The van der Waals surface area contributed by atoms with E-state index in [-0.39, 0.29) is 12.3 Å². The highest BCUT2D eigenvalue weighted by Crippen LogP contribution is 2.20. The number of amides is 1. The van der Waals surface area contributed by atoms with Crippen molar-refractivity contribution in [3.8, 4) is 5.75 Å². The predicted molar refractivity (Wildman–Crippen MR) is 86.3 cm³/mol. The molecule has 0 fully saturated rings. The summed E-state index contributed by atoms with van der Waals surface area (Å²) in [5.41, 5.74) is 1.53. The zero-order valence-corrected chi connectivity index (χ0v) is 12.4. The second kappa shape index (κ2) is 6.49. The average Bonchev–Trinajstić information content (AvgIpc) is 2.99. The number of carbonyl (C=O) groups is 1. The number of nitrogens with zero attached hydrogens (tertiary/aromatic N) is 1. The van der Waals surface area contributed by atoms with Gasteiger partial charge in [-0.25, -0.2) is 0 Å². The van der Waals surface area contributed by atoms with E-state index in [9.17, 15) is 4.79 Å². The number of para-hydroxylation sites is 1. The number of hydrogen-bond acceptors (Lipinski definition) is 3. The summed E-state index contributed by atoms with van der Waals surface area (Å²) in [6, 6.07) is 12.7. The van der Waals surface area contributed by atoms with E-state index in [1.807, 2.05) is 18.2 Å². The zero-order valence-electron chi connectivity index (χ0n) is 11.7. The summed E-state index contributed by atoms with van der Waals surface area (Å²) in [6.45, 7) is 0.298. The fourth-order valence-corrected chi connectivity index (χ4v) is 2.20. The van der Waals surface area contributed by atoms with E-state index >= 15 is 0 Å². The third-order valence-corrected chi connectivity index (χ3v) is 3.41. The first-order valence-corrected chi connectivity index (χ1v) is 7.20. The molecule has 0 aliphatic heterocycles. The first-order valence-electron chi connectivity index (χ1n) is 6.83. The summed E-state index contributed by atoms with van der Waals surface area (Å²) in [4.78, 5) is 12.0. The maximum atomic E-state index is 12.0. The van der Waals surface area contributed by atoms with Crippen LogP contribution in [0.1, 0.15) is 6.42 Å². The highest BCUT2D eigenvalue weighted by Gasteiger charge is 2.07. The third-order valence-electron chi connectivity index (χ3n) is 3.16. The normalized spacial score (nSPS) is 10.6. The third kappa shape index (κ3) is 3.38. The molecular formula is C16H14ClN3O2. The van der Waals surface area contributed by atoms with E-state index in [4.69, 9.17) is 16.3 Å². The molecule has 0 saturated carbocycles. The number of ether oxygens (including phenoxy) is 1. The fourth-order valence-electron chi connectivity index (χ4n) is 2.08. The van der Waals surface area contributed by atoms with Crippen LogP contribution in [0.4, 0.5) is 5.69 Å². The lowest BCUT2D eigenvalue weighted by Gasteiger charge is -2.08. The van der Waals surface area contributed by atoms with Crippen molar-refractivity contribution in [1.82, 2.24) is 10.2 Å². The van der Waals surface area contributed by atoms with Crippen LogP contribution in [0.5, 0.6) is 5.75 Å². The number of carbonyl (C=O) groups excluding carboxylic acids is 1. The van der Waals surface area contributed by atoms with Crippen LogP contribution in [0, 0.1) is 0 Å². The second-order valence-electron chi connectivity index (χ2n) is 4.74. The number of aromatic nitrogens is 2. The number of fused-ring (bicyclic) bond motifs is 1. The Morgan fingerprint density at radius 3 is 2.86 bits per heavy atom. The van der Waals surface area contributed by atoms with E-state index in [1.54, 1.807) is 30.5 Å². The van der Waals surface area contributed by atoms with Gasteiger partial charge in [0, 0.05) is 10.4 Å². The Balaban J connectivity index is 1.54. The molecule has 0 aliphatic carbocycles. The summed E-state index contributed by atoms with van der Waals surface area (Å²) in [5, 5.41) is 11.3.